The van der Waals surface area contributed by atoms with Gasteiger partial charge in [-0.1, -0.05) is 238 Å². The number of hydrogen-bond acceptors (Lipinski definition) is 10. The summed E-state index contributed by atoms with van der Waals surface area (Å²) in [6.45, 7) is 5.77. The van der Waals surface area contributed by atoms with Gasteiger partial charge in [0.1, 0.15) is 24.4 Å². The summed E-state index contributed by atoms with van der Waals surface area (Å²) in [6.07, 6.45) is 42.3. The third-order valence-electron chi connectivity index (χ3n) is 13.9. The van der Waals surface area contributed by atoms with Crippen LogP contribution in [-0.4, -0.2) is 99.6 Å². The van der Waals surface area contributed by atoms with E-state index in [0.29, 0.717) is 12.8 Å². The molecule has 1 saturated heterocycles. The first kappa shape index (κ1) is 65.2. The second-order valence-corrected chi connectivity index (χ2v) is 20.4. The Labute approximate surface area is 422 Å². The Balaban J connectivity index is 2.70. The third kappa shape index (κ3) is 35.8. The van der Waals surface area contributed by atoms with Crippen LogP contribution in [0.4, 0.5) is 0 Å². The first-order valence-corrected chi connectivity index (χ1v) is 29.1. The molecular formula is C58H109NO10. The molecule has 8 atom stereocenters. The zero-order chi connectivity index (χ0) is 50.4. The Hall–Kier alpha value is -1.86. The smallest absolute Gasteiger partial charge is 0.306 e. The summed E-state index contributed by atoms with van der Waals surface area (Å²) in [5, 5.41) is 56.7. The van der Waals surface area contributed by atoms with Gasteiger partial charge in [0.2, 0.25) is 5.91 Å². The average molecular weight is 981 g/mol. The number of unbranched alkanes of at least 4 members (excludes halogenated alkanes) is 33. The van der Waals surface area contributed by atoms with Crippen molar-refractivity contribution in [3.8, 4) is 0 Å². The number of esters is 1. The van der Waals surface area contributed by atoms with Crippen LogP contribution in [0.2, 0.25) is 0 Å². The van der Waals surface area contributed by atoms with E-state index in [2.05, 4.69) is 38.2 Å². The molecule has 11 heteroatoms. The predicted octanol–water partition coefficient (Wildman–Crippen LogP) is 12.9. The Kier molecular flexibility index (Phi) is 44.5. The van der Waals surface area contributed by atoms with E-state index >= 15 is 0 Å². The summed E-state index contributed by atoms with van der Waals surface area (Å²) in [5.41, 5.74) is 0. The maximum absolute atomic E-state index is 13.3. The lowest BCUT2D eigenvalue weighted by Gasteiger charge is -2.41. The van der Waals surface area contributed by atoms with E-state index in [4.69, 9.17) is 14.2 Å². The molecule has 6 N–H and O–H groups in total. The molecule has 0 saturated carbocycles. The fourth-order valence-electron chi connectivity index (χ4n) is 9.18. The number of carbonyl (C=O) groups is 2. The predicted molar refractivity (Wildman–Crippen MR) is 283 cm³/mol. The molecule has 1 fully saturated rings. The van der Waals surface area contributed by atoms with Crippen LogP contribution in [0.1, 0.15) is 271 Å². The molecule has 0 aromatic heterocycles. The van der Waals surface area contributed by atoms with Gasteiger partial charge in [0.05, 0.1) is 25.4 Å². The highest BCUT2D eigenvalue weighted by Gasteiger charge is 2.47. The number of carbonyl (C=O) groups excluding carboxylic acids is 2. The number of amides is 1. The molecule has 1 amide bonds. The van der Waals surface area contributed by atoms with Crippen LogP contribution in [0.5, 0.6) is 0 Å². The molecule has 8 unspecified atom stereocenters. The summed E-state index contributed by atoms with van der Waals surface area (Å²) < 4.78 is 17.6. The summed E-state index contributed by atoms with van der Waals surface area (Å²) >= 11 is 0. The molecule has 0 aromatic rings. The van der Waals surface area contributed by atoms with Gasteiger partial charge in [-0.05, 0) is 51.4 Å². The fraction of sp³-hybridized carbons (Fsp3) is 0.897. The molecule has 0 bridgehead atoms. The summed E-state index contributed by atoms with van der Waals surface area (Å²) in [6, 6.07) is -1.03. The van der Waals surface area contributed by atoms with Crippen LogP contribution in [-0.2, 0) is 23.8 Å². The topological polar surface area (TPSA) is 175 Å². The van der Waals surface area contributed by atoms with E-state index in [9.17, 15) is 35.1 Å². The summed E-state index contributed by atoms with van der Waals surface area (Å²) in [5.74, 6) is -1.20. The van der Waals surface area contributed by atoms with Crippen molar-refractivity contribution < 1.29 is 49.3 Å². The molecule has 0 aromatic carbocycles. The van der Waals surface area contributed by atoms with Crippen molar-refractivity contribution in [3.05, 3.63) is 24.3 Å². The van der Waals surface area contributed by atoms with E-state index in [-0.39, 0.29) is 19.4 Å². The Morgan fingerprint density at radius 1 is 0.551 bits per heavy atom. The first-order chi connectivity index (χ1) is 33.7. The van der Waals surface area contributed by atoms with Gasteiger partial charge in [0.25, 0.3) is 0 Å². The molecule has 406 valence electrons. The van der Waals surface area contributed by atoms with Crippen LogP contribution in [0.15, 0.2) is 24.3 Å². The SMILES string of the molecule is CCCCCCCC/C=C\CCCCC(O)C(=O)NC(COC1OC(CO)C(O)C(O)C1OC(=O)CCCCCCCCCCCCCCCCCCC)C(O)/C=C/CCCCCCCCCCC. The van der Waals surface area contributed by atoms with Crippen LogP contribution in [0.3, 0.4) is 0 Å². The maximum Gasteiger partial charge on any atom is 0.306 e. The molecule has 1 aliphatic heterocycles. The number of aliphatic hydroxyl groups is 5. The third-order valence-corrected chi connectivity index (χ3v) is 13.9. The van der Waals surface area contributed by atoms with Crippen molar-refractivity contribution in [3.63, 3.8) is 0 Å². The van der Waals surface area contributed by atoms with E-state index in [1.165, 1.54) is 167 Å². The number of nitrogens with one attached hydrogen (secondary N) is 1. The quantitative estimate of drug-likeness (QED) is 0.0196. The van der Waals surface area contributed by atoms with Crippen molar-refractivity contribution in [2.24, 2.45) is 0 Å². The molecule has 11 nitrogen and oxygen atoms in total. The maximum atomic E-state index is 13.3. The Morgan fingerprint density at radius 2 is 0.957 bits per heavy atom. The van der Waals surface area contributed by atoms with Gasteiger partial charge < -0.3 is 45.1 Å². The molecule has 0 spiro atoms. The van der Waals surface area contributed by atoms with E-state index in [1.54, 1.807) is 6.08 Å². The van der Waals surface area contributed by atoms with Crippen molar-refractivity contribution in [1.82, 2.24) is 5.32 Å². The fourth-order valence-corrected chi connectivity index (χ4v) is 9.18. The zero-order valence-electron chi connectivity index (χ0n) is 44.7. The monoisotopic (exact) mass is 980 g/mol. The zero-order valence-corrected chi connectivity index (χ0v) is 44.7. The molecular weight excluding hydrogens is 871 g/mol. The van der Waals surface area contributed by atoms with Crippen molar-refractivity contribution in [2.45, 2.75) is 320 Å². The normalized spacial score (nSPS) is 19.9. The largest absolute Gasteiger partial charge is 0.454 e. The van der Waals surface area contributed by atoms with E-state index < -0.39 is 67.4 Å². The Bertz CT molecular complexity index is 1220. The summed E-state index contributed by atoms with van der Waals surface area (Å²) in [7, 11) is 0. The summed E-state index contributed by atoms with van der Waals surface area (Å²) in [4.78, 5) is 26.4. The molecule has 1 heterocycles. The van der Waals surface area contributed by atoms with Crippen molar-refractivity contribution >= 4 is 11.9 Å². The molecule has 0 aliphatic carbocycles. The standard InChI is InChI=1S/C58H109NO10/c1-4-7-10-13-16-19-22-24-25-26-27-28-31-34-37-40-43-46-53(63)69-56-55(65)54(64)52(47-60)68-58(56)67-48-49(50(61)44-41-38-35-32-29-21-18-15-12-9-6-3)59-57(66)51(62)45-42-39-36-33-30-23-20-17-14-11-8-5-2/h30,33,41,44,49-52,54-56,58,60-62,64-65H,4-29,31-32,34-40,42-43,45-48H2,1-3H3,(H,59,66)/b33-30-,44-41+. The van der Waals surface area contributed by atoms with E-state index in [0.717, 1.165) is 57.8 Å². The number of rotatable bonds is 49. The lowest BCUT2D eigenvalue weighted by molar-refractivity contribution is -0.305. The van der Waals surface area contributed by atoms with Gasteiger partial charge >= 0.3 is 5.97 Å². The Morgan fingerprint density at radius 3 is 1.41 bits per heavy atom. The van der Waals surface area contributed by atoms with Gasteiger partial charge in [0, 0.05) is 6.42 Å². The second kappa shape index (κ2) is 47.2. The highest BCUT2D eigenvalue weighted by atomic mass is 16.7. The average Bonchev–Trinajstić information content (AvgIpc) is 3.34. The minimum atomic E-state index is -1.61. The molecule has 69 heavy (non-hydrogen) atoms. The van der Waals surface area contributed by atoms with Gasteiger partial charge in [-0.2, -0.15) is 0 Å². The highest BCUT2D eigenvalue weighted by Crippen LogP contribution is 2.26. The van der Waals surface area contributed by atoms with E-state index in [1.807, 2.05) is 6.08 Å². The lowest BCUT2D eigenvalue weighted by Crippen LogP contribution is -2.61. The van der Waals surface area contributed by atoms with Crippen molar-refractivity contribution in [1.29, 1.82) is 0 Å². The number of aliphatic hydroxyl groups excluding tert-OH is 5. The van der Waals surface area contributed by atoms with Crippen LogP contribution in [0.25, 0.3) is 0 Å². The molecule has 1 aliphatic rings. The van der Waals surface area contributed by atoms with Crippen molar-refractivity contribution in [2.75, 3.05) is 13.2 Å². The van der Waals surface area contributed by atoms with Gasteiger partial charge in [-0.15, -0.1) is 0 Å². The van der Waals surface area contributed by atoms with Crippen LogP contribution >= 0.6 is 0 Å². The molecule has 0 radical (unpaired) electrons. The number of hydrogen-bond donors (Lipinski definition) is 6. The van der Waals surface area contributed by atoms with Crippen LogP contribution < -0.4 is 5.32 Å². The second-order valence-electron chi connectivity index (χ2n) is 20.4. The lowest BCUT2D eigenvalue weighted by atomic mass is 9.99. The molecule has 1 rings (SSSR count). The highest BCUT2D eigenvalue weighted by molar-refractivity contribution is 5.80. The minimum absolute atomic E-state index is 0.128. The van der Waals surface area contributed by atoms with Crippen LogP contribution in [0, 0.1) is 0 Å². The van der Waals surface area contributed by atoms with Gasteiger partial charge in [-0.25, -0.2) is 0 Å². The number of allylic oxidation sites excluding steroid dienone is 3. The van der Waals surface area contributed by atoms with Gasteiger partial charge in [-0.3, -0.25) is 9.59 Å². The first-order valence-electron chi connectivity index (χ1n) is 29.1. The number of ether oxygens (including phenoxy) is 3. The minimum Gasteiger partial charge on any atom is -0.454 e. The van der Waals surface area contributed by atoms with Gasteiger partial charge in [0.15, 0.2) is 12.4 Å².